The van der Waals surface area contributed by atoms with E-state index in [4.69, 9.17) is 5.11 Å². The lowest BCUT2D eigenvalue weighted by molar-refractivity contribution is -0.141. The Morgan fingerprint density at radius 2 is 1.85 bits per heavy atom. The van der Waals surface area contributed by atoms with Gasteiger partial charge in [0, 0.05) is 18.4 Å². The van der Waals surface area contributed by atoms with Crippen LogP contribution in [0.1, 0.15) is 42.0 Å². The Bertz CT molecular complexity index is 862. The fourth-order valence-corrected chi connectivity index (χ4v) is 2.97. The molecule has 1 aliphatic rings. The third kappa shape index (κ3) is 3.79. The Kier molecular flexibility index (Phi) is 5.11. The zero-order chi connectivity index (χ0) is 18.7. The second-order valence-electron chi connectivity index (χ2n) is 6.29. The monoisotopic (exact) mass is 354 g/mol. The molecule has 2 aromatic rings. The van der Waals surface area contributed by atoms with E-state index >= 15 is 0 Å². The molecule has 6 heteroatoms. The van der Waals surface area contributed by atoms with Gasteiger partial charge in [0.05, 0.1) is 18.2 Å². The van der Waals surface area contributed by atoms with Gasteiger partial charge in [-0.1, -0.05) is 48.0 Å². The molecule has 1 amide bonds. The largest absolute Gasteiger partial charge is 0.481 e. The van der Waals surface area contributed by atoms with Crippen molar-refractivity contribution in [3.8, 4) is 0 Å². The summed E-state index contributed by atoms with van der Waals surface area (Å²) in [6, 6.07) is 13.6. The number of hydrazone groups is 1. The van der Waals surface area contributed by atoms with Gasteiger partial charge in [-0.25, -0.2) is 9.40 Å². The molecule has 0 saturated heterocycles. The molecule has 1 aliphatic heterocycles. The van der Waals surface area contributed by atoms with Gasteiger partial charge in [-0.3, -0.25) is 9.59 Å². The number of halogens is 1. The summed E-state index contributed by atoms with van der Waals surface area (Å²) < 4.78 is 14.1. The van der Waals surface area contributed by atoms with E-state index in [-0.39, 0.29) is 24.8 Å². The van der Waals surface area contributed by atoms with Gasteiger partial charge in [0.15, 0.2) is 0 Å². The molecule has 1 N–H and O–H groups in total. The molecule has 0 aromatic heterocycles. The molecule has 0 aliphatic carbocycles. The van der Waals surface area contributed by atoms with Crippen molar-refractivity contribution >= 4 is 17.6 Å². The lowest BCUT2D eigenvalue weighted by atomic mass is 9.97. The maximum absolute atomic E-state index is 14.1. The summed E-state index contributed by atoms with van der Waals surface area (Å²) in [6.07, 6.45) is -0.0327. The summed E-state index contributed by atoms with van der Waals surface area (Å²) in [5.41, 5.74) is 2.82. The van der Waals surface area contributed by atoms with Crippen LogP contribution in [0, 0.1) is 12.7 Å². The molecule has 26 heavy (non-hydrogen) atoms. The minimum absolute atomic E-state index is 0.147. The predicted octanol–water partition coefficient (Wildman–Crippen LogP) is 3.68. The Balaban J connectivity index is 1.93. The Morgan fingerprint density at radius 3 is 2.50 bits per heavy atom. The van der Waals surface area contributed by atoms with Gasteiger partial charge in [0.2, 0.25) is 5.91 Å². The standard InChI is InChI=1S/C20H19FN2O3/c1-13-6-8-14(9-7-13)18-12-17(15-4-2-3-5-16(15)21)22-23(18)19(24)10-11-20(25)26/h2-9,18H,10-12H2,1H3,(H,25,26)/t18-/m0/s1. The fourth-order valence-electron chi connectivity index (χ4n) is 2.97. The number of hydrogen-bond donors (Lipinski definition) is 1. The summed E-state index contributed by atoms with van der Waals surface area (Å²) in [5.74, 6) is -1.82. The molecule has 2 aromatic carbocycles. The van der Waals surface area contributed by atoms with Crippen LogP contribution in [0.25, 0.3) is 0 Å². The van der Waals surface area contributed by atoms with Crippen molar-refractivity contribution in [3.63, 3.8) is 0 Å². The smallest absolute Gasteiger partial charge is 0.303 e. The number of nitrogens with zero attached hydrogens (tertiary/aromatic N) is 2. The topological polar surface area (TPSA) is 70.0 Å². The second-order valence-corrected chi connectivity index (χ2v) is 6.29. The second kappa shape index (κ2) is 7.47. The Hall–Kier alpha value is -3.02. The van der Waals surface area contributed by atoms with E-state index in [1.165, 1.54) is 11.1 Å². The van der Waals surface area contributed by atoms with Crippen LogP contribution in [-0.2, 0) is 9.59 Å². The van der Waals surface area contributed by atoms with Crippen molar-refractivity contribution in [2.45, 2.75) is 32.2 Å². The number of aliphatic carboxylic acids is 1. The third-order valence-electron chi connectivity index (χ3n) is 4.37. The number of carboxylic acids is 1. The molecule has 0 spiro atoms. The van der Waals surface area contributed by atoms with Crippen LogP contribution in [0.5, 0.6) is 0 Å². The summed E-state index contributed by atoms with van der Waals surface area (Å²) in [6.45, 7) is 1.97. The zero-order valence-corrected chi connectivity index (χ0v) is 14.4. The lowest BCUT2D eigenvalue weighted by Crippen LogP contribution is -2.27. The lowest BCUT2D eigenvalue weighted by Gasteiger charge is -2.22. The number of aryl methyl sites for hydroxylation is 1. The van der Waals surface area contributed by atoms with Gasteiger partial charge < -0.3 is 5.11 Å². The van der Waals surface area contributed by atoms with E-state index in [9.17, 15) is 14.0 Å². The van der Waals surface area contributed by atoms with E-state index in [1.807, 2.05) is 31.2 Å². The van der Waals surface area contributed by atoms with Crippen molar-refractivity contribution in [1.29, 1.82) is 0 Å². The molecule has 0 radical (unpaired) electrons. The van der Waals surface area contributed by atoms with Crippen LogP contribution >= 0.6 is 0 Å². The normalized spacial score (nSPS) is 16.5. The van der Waals surface area contributed by atoms with E-state index in [2.05, 4.69) is 5.10 Å². The van der Waals surface area contributed by atoms with E-state index < -0.39 is 11.8 Å². The SMILES string of the molecule is Cc1ccc([C@@H]2CC(c3ccccc3F)=NN2C(=O)CCC(=O)O)cc1. The highest BCUT2D eigenvalue weighted by Gasteiger charge is 2.33. The molecule has 0 saturated carbocycles. The maximum atomic E-state index is 14.1. The number of carbonyl (C=O) groups is 2. The number of amides is 1. The molecule has 0 bridgehead atoms. The van der Waals surface area contributed by atoms with Crippen LogP contribution in [-0.4, -0.2) is 27.7 Å². The van der Waals surface area contributed by atoms with Gasteiger partial charge in [-0.2, -0.15) is 5.10 Å². The van der Waals surface area contributed by atoms with Crippen molar-refractivity contribution in [2.75, 3.05) is 0 Å². The molecule has 0 unspecified atom stereocenters. The van der Waals surface area contributed by atoms with Crippen molar-refractivity contribution in [3.05, 3.63) is 71.0 Å². The summed E-state index contributed by atoms with van der Waals surface area (Å²) in [4.78, 5) is 23.3. The third-order valence-corrected chi connectivity index (χ3v) is 4.37. The minimum Gasteiger partial charge on any atom is -0.481 e. The minimum atomic E-state index is -1.04. The van der Waals surface area contributed by atoms with Crippen molar-refractivity contribution in [1.82, 2.24) is 5.01 Å². The van der Waals surface area contributed by atoms with Crippen LogP contribution < -0.4 is 0 Å². The average molecular weight is 354 g/mol. The number of carboxylic acid groups (broad SMARTS) is 1. The van der Waals surface area contributed by atoms with Crippen molar-refractivity contribution in [2.24, 2.45) is 5.10 Å². The predicted molar refractivity (Wildman–Crippen MR) is 95.2 cm³/mol. The van der Waals surface area contributed by atoms with Crippen LogP contribution in [0.3, 0.4) is 0 Å². The molecule has 3 rings (SSSR count). The Morgan fingerprint density at radius 1 is 1.15 bits per heavy atom. The molecular weight excluding hydrogens is 335 g/mol. The highest BCUT2D eigenvalue weighted by molar-refractivity contribution is 6.03. The molecule has 1 heterocycles. The first kappa shape index (κ1) is 17.8. The van der Waals surface area contributed by atoms with Gasteiger partial charge in [-0.05, 0) is 18.6 Å². The van der Waals surface area contributed by atoms with Gasteiger partial charge in [0.1, 0.15) is 5.82 Å². The summed E-state index contributed by atoms with van der Waals surface area (Å²) in [5, 5.41) is 14.5. The van der Waals surface area contributed by atoms with E-state index in [0.29, 0.717) is 17.7 Å². The maximum Gasteiger partial charge on any atom is 0.303 e. The highest BCUT2D eigenvalue weighted by Crippen LogP contribution is 2.34. The molecule has 0 fully saturated rings. The van der Waals surface area contributed by atoms with Crippen molar-refractivity contribution < 1.29 is 19.1 Å². The molecular formula is C20H19FN2O3. The fraction of sp³-hybridized carbons (Fsp3) is 0.250. The number of rotatable bonds is 5. The first-order chi connectivity index (χ1) is 12.5. The average Bonchev–Trinajstić information content (AvgIpc) is 3.06. The molecule has 134 valence electrons. The summed E-state index contributed by atoms with van der Waals surface area (Å²) in [7, 11) is 0. The highest BCUT2D eigenvalue weighted by atomic mass is 19.1. The number of benzene rings is 2. The number of hydrogen-bond acceptors (Lipinski definition) is 3. The first-order valence-electron chi connectivity index (χ1n) is 8.38. The van der Waals surface area contributed by atoms with Crippen LogP contribution in [0.2, 0.25) is 0 Å². The Labute approximate surface area is 150 Å². The quantitative estimate of drug-likeness (QED) is 0.890. The zero-order valence-electron chi connectivity index (χ0n) is 14.4. The van der Waals surface area contributed by atoms with Crippen LogP contribution in [0.15, 0.2) is 53.6 Å². The van der Waals surface area contributed by atoms with Gasteiger partial charge >= 0.3 is 5.97 Å². The van der Waals surface area contributed by atoms with E-state index in [0.717, 1.165) is 11.1 Å². The van der Waals surface area contributed by atoms with E-state index in [1.54, 1.807) is 18.2 Å². The van der Waals surface area contributed by atoms with Gasteiger partial charge in [0.25, 0.3) is 0 Å². The molecule has 5 nitrogen and oxygen atoms in total. The van der Waals surface area contributed by atoms with Gasteiger partial charge in [-0.15, -0.1) is 0 Å². The summed E-state index contributed by atoms with van der Waals surface area (Å²) >= 11 is 0. The first-order valence-corrected chi connectivity index (χ1v) is 8.38. The van der Waals surface area contributed by atoms with Crippen LogP contribution in [0.4, 0.5) is 4.39 Å². The molecule has 1 atom stereocenters. The number of carbonyl (C=O) groups excluding carboxylic acids is 1.